The van der Waals surface area contributed by atoms with Crippen molar-refractivity contribution < 1.29 is 9.66 Å². The van der Waals surface area contributed by atoms with Crippen molar-refractivity contribution in [1.82, 2.24) is 5.32 Å². The van der Waals surface area contributed by atoms with Crippen LogP contribution in [0.1, 0.15) is 25.7 Å². The molecule has 0 bridgehead atoms. The molecule has 1 aromatic rings. The number of nitrogens with one attached hydrogen (secondary N) is 1. The van der Waals surface area contributed by atoms with Crippen molar-refractivity contribution in [3.63, 3.8) is 0 Å². The molecule has 1 aromatic carbocycles. The Bertz CT molecular complexity index is 448. The first kappa shape index (κ1) is 14.3. The van der Waals surface area contributed by atoms with E-state index in [9.17, 15) is 10.1 Å². The summed E-state index contributed by atoms with van der Waals surface area (Å²) >= 11 is 3.34. The molecule has 6 heteroatoms. The molecule has 5 nitrogen and oxygen atoms in total. The second-order valence-electron chi connectivity index (χ2n) is 4.66. The highest BCUT2D eigenvalue weighted by molar-refractivity contribution is 9.10. The van der Waals surface area contributed by atoms with Crippen LogP contribution in [-0.4, -0.2) is 24.1 Å². The Kier molecular flexibility index (Phi) is 5.15. The van der Waals surface area contributed by atoms with Gasteiger partial charge < -0.3 is 10.1 Å². The Morgan fingerprint density at radius 3 is 3.00 bits per heavy atom. The maximum Gasteiger partial charge on any atom is 0.273 e. The van der Waals surface area contributed by atoms with Gasteiger partial charge in [-0.2, -0.15) is 0 Å². The van der Waals surface area contributed by atoms with Gasteiger partial charge in [0.15, 0.2) is 0 Å². The molecule has 19 heavy (non-hydrogen) atoms. The van der Waals surface area contributed by atoms with E-state index in [-0.39, 0.29) is 5.69 Å². The summed E-state index contributed by atoms with van der Waals surface area (Å²) < 4.78 is 6.38. The smallest absolute Gasteiger partial charge is 0.273 e. The van der Waals surface area contributed by atoms with Crippen molar-refractivity contribution in [2.45, 2.75) is 31.7 Å². The second kappa shape index (κ2) is 6.86. The number of halogens is 1. The van der Waals surface area contributed by atoms with Crippen LogP contribution in [0.15, 0.2) is 22.7 Å². The molecule has 0 saturated carbocycles. The minimum atomic E-state index is -0.415. The summed E-state index contributed by atoms with van der Waals surface area (Å²) in [7, 11) is 0. The van der Waals surface area contributed by atoms with E-state index in [2.05, 4.69) is 21.2 Å². The fourth-order valence-corrected chi connectivity index (χ4v) is 2.56. The maximum absolute atomic E-state index is 10.7. The van der Waals surface area contributed by atoms with Crippen LogP contribution in [0.5, 0.6) is 5.75 Å². The molecule has 0 aromatic heterocycles. The highest BCUT2D eigenvalue weighted by Crippen LogP contribution is 2.29. The molecule has 1 atom stereocenters. The van der Waals surface area contributed by atoms with E-state index < -0.39 is 4.92 Å². The van der Waals surface area contributed by atoms with E-state index in [1.54, 1.807) is 6.07 Å². The zero-order valence-electron chi connectivity index (χ0n) is 10.6. The van der Waals surface area contributed by atoms with E-state index in [1.807, 2.05) is 0 Å². The molecule has 1 aliphatic rings. The van der Waals surface area contributed by atoms with Crippen molar-refractivity contribution >= 4 is 21.6 Å². The quantitative estimate of drug-likeness (QED) is 0.665. The fraction of sp³-hybridized carbons (Fsp3) is 0.538. The average Bonchev–Trinajstić information content (AvgIpc) is 2.42. The van der Waals surface area contributed by atoms with Crippen molar-refractivity contribution in [3.05, 3.63) is 32.8 Å². The summed E-state index contributed by atoms with van der Waals surface area (Å²) in [6.45, 7) is 1.64. The van der Waals surface area contributed by atoms with Gasteiger partial charge >= 0.3 is 0 Å². The summed E-state index contributed by atoms with van der Waals surface area (Å²) in [5.41, 5.74) is 0.0500. The van der Waals surface area contributed by atoms with E-state index in [0.29, 0.717) is 18.4 Å². The van der Waals surface area contributed by atoms with E-state index in [1.165, 1.54) is 31.4 Å². The normalized spacial score (nSPS) is 19.1. The highest BCUT2D eigenvalue weighted by Gasteiger charge is 2.14. The molecular weight excluding hydrogens is 312 g/mol. The molecule has 1 saturated heterocycles. The summed E-state index contributed by atoms with van der Waals surface area (Å²) in [4.78, 5) is 10.3. The molecule has 1 fully saturated rings. The minimum Gasteiger partial charge on any atom is -0.492 e. The van der Waals surface area contributed by atoms with Gasteiger partial charge in [-0.15, -0.1) is 0 Å². The van der Waals surface area contributed by atoms with Gasteiger partial charge in [0.2, 0.25) is 0 Å². The number of nitro benzene ring substituents is 1. The number of hydrogen-bond acceptors (Lipinski definition) is 4. The van der Waals surface area contributed by atoms with Gasteiger partial charge in [0.05, 0.1) is 22.1 Å². The van der Waals surface area contributed by atoms with Crippen LogP contribution in [0.2, 0.25) is 0 Å². The topological polar surface area (TPSA) is 64.4 Å². The number of hydrogen-bond donors (Lipinski definition) is 1. The van der Waals surface area contributed by atoms with Gasteiger partial charge in [-0.05, 0) is 47.8 Å². The van der Waals surface area contributed by atoms with E-state index >= 15 is 0 Å². The number of ether oxygens (including phenoxy) is 1. The van der Waals surface area contributed by atoms with Gasteiger partial charge in [-0.3, -0.25) is 10.1 Å². The third kappa shape index (κ3) is 4.18. The van der Waals surface area contributed by atoms with Gasteiger partial charge in [0, 0.05) is 12.1 Å². The van der Waals surface area contributed by atoms with Crippen LogP contribution in [0.4, 0.5) is 5.69 Å². The summed E-state index contributed by atoms with van der Waals surface area (Å²) in [6, 6.07) is 5.07. The van der Waals surface area contributed by atoms with E-state index in [0.717, 1.165) is 17.4 Å². The predicted octanol–water partition coefficient (Wildman–Crippen LogP) is 3.27. The van der Waals surface area contributed by atoms with Crippen molar-refractivity contribution in [3.8, 4) is 5.75 Å². The van der Waals surface area contributed by atoms with Crippen LogP contribution < -0.4 is 10.1 Å². The number of nitrogens with zero attached hydrogens (tertiary/aromatic N) is 1. The first-order chi connectivity index (χ1) is 9.16. The van der Waals surface area contributed by atoms with Gasteiger partial charge in [0.25, 0.3) is 5.69 Å². The molecule has 1 heterocycles. The molecule has 0 amide bonds. The minimum absolute atomic E-state index is 0.0500. The fourth-order valence-electron chi connectivity index (χ4n) is 2.20. The molecule has 1 aliphatic heterocycles. The maximum atomic E-state index is 10.7. The largest absolute Gasteiger partial charge is 0.492 e. The number of rotatable bonds is 5. The van der Waals surface area contributed by atoms with Gasteiger partial charge in [-0.25, -0.2) is 0 Å². The van der Waals surface area contributed by atoms with Crippen LogP contribution in [-0.2, 0) is 0 Å². The molecule has 0 spiro atoms. The van der Waals surface area contributed by atoms with Crippen LogP contribution in [0, 0.1) is 10.1 Å². The summed E-state index contributed by atoms with van der Waals surface area (Å²) in [6.07, 6.45) is 4.61. The molecular formula is C13H17BrN2O3. The molecule has 1 N–H and O–H groups in total. The van der Waals surface area contributed by atoms with Crippen molar-refractivity contribution in [2.75, 3.05) is 13.2 Å². The number of nitro groups is 1. The van der Waals surface area contributed by atoms with Gasteiger partial charge in [0.1, 0.15) is 5.75 Å². The molecule has 2 rings (SSSR count). The summed E-state index contributed by atoms with van der Waals surface area (Å²) in [5, 5.41) is 14.2. The van der Waals surface area contributed by atoms with Crippen LogP contribution in [0.3, 0.4) is 0 Å². The lowest BCUT2D eigenvalue weighted by Gasteiger charge is -2.23. The Labute approximate surface area is 120 Å². The highest BCUT2D eigenvalue weighted by atomic mass is 79.9. The third-order valence-corrected chi connectivity index (χ3v) is 3.92. The molecule has 0 aliphatic carbocycles. The van der Waals surface area contributed by atoms with Crippen LogP contribution >= 0.6 is 15.9 Å². The Morgan fingerprint density at radius 1 is 1.47 bits per heavy atom. The third-order valence-electron chi connectivity index (χ3n) is 3.26. The van der Waals surface area contributed by atoms with Crippen LogP contribution in [0.25, 0.3) is 0 Å². The lowest BCUT2D eigenvalue weighted by Crippen LogP contribution is -2.35. The Hall–Kier alpha value is -1.14. The zero-order chi connectivity index (χ0) is 13.7. The van der Waals surface area contributed by atoms with Crippen molar-refractivity contribution in [2.24, 2.45) is 0 Å². The average molecular weight is 329 g/mol. The summed E-state index contributed by atoms with van der Waals surface area (Å²) in [5.74, 6) is 0.532. The zero-order valence-corrected chi connectivity index (χ0v) is 12.2. The lowest BCUT2D eigenvalue weighted by atomic mass is 10.0. The Morgan fingerprint density at radius 2 is 2.32 bits per heavy atom. The standard InChI is InChI=1S/C13H17BrN2O3/c14-12-5-4-11(16(17)18)9-13(12)19-8-6-10-3-1-2-7-15-10/h4-5,9-10,15H,1-3,6-8H2. The molecule has 104 valence electrons. The monoisotopic (exact) mass is 328 g/mol. The molecule has 1 unspecified atom stereocenters. The second-order valence-corrected chi connectivity index (χ2v) is 5.51. The van der Waals surface area contributed by atoms with E-state index in [4.69, 9.17) is 4.74 Å². The van der Waals surface area contributed by atoms with Gasteiger partial charge in [-0.1, -0.05) is 6.42 Å². The number of piperidine rings is 1. The first-order valence-electron chi connectivity index (χ1n) is 6.47. The number of benzene rings is 1. The Balaban J connectivity index is 1.87. The van der Waals surface area contributed by atoms with Crippen molar-refractivity contribution in [1.29, 1.82) is 0 Å². The first-order valence-corrected chi connectivity index (χ1v) is 7.26. The predicted molar refractivity (Wildman–Crippen MR) is 76.6 cm³/mol. The lowest BCUT2D eigenvalue weighted by molar-refractivity contribution is -0.385. The number of non-ortho nitro benzene ring substituents is 1. The SMILES string of the molecule is O=[N+]([O-])c1ccc(Br)c(OCCC2CCCCN2)c1. The molecule has 0 radical (unpaired) electrons.